The van der Waals surface area contributed by atoms with Crippen LogP contribution in [-0.2, 0) is 9.84 Å². The molecule has 2 unspecified atom stereocenters. The minimum atomic E-state index is -3.73. The summed E-state index contributed by atoms with van der Waals surface area (Å²) in [6, 6.07) is 4.19. The zero-order valence-electron chi connectivity index (χ0n) is 14.9. The number of halogens is 2. The number of aromatic nitrogens is 1. The van der Waals surface area contributed by atoms with Crippen LogP contribution in [0.4, 0.5) is 5.13 Å². The van der Waals surface area contributed by atoms with E-state index in [2.05, 4.69) is 10.3 Å². The van der Waals surface area contributed by atoms with Crippen molar-refractivity contribution in [1.29, 1.82) is 0 Å². The van der Waals surface area contributed by atoms with Gasteiger partial charge in [0.2, 0.25) is 0 Å². The van der Waals surface area contributed by atoms with E-state index in [0.717, 1.165) is 17.8 Å². The molecule has 2 atom stereocenters. The summed E-state index contributed by atoms with van der Waals surface area (Å²) in [4.78, 5) is 16.4. The van der Waals surface area contributed by atoms with Crippen molar-refractivity contribution in [2.45, 2.75) is 41.9 Å². The molecule has 28 heavy (non-hydrogen) atoms. The summed E-state index contributed by atoms with van der Waals surface area (Å²) in [7, 11) is -3.73. The number of benzene rings is 1. The molecule has 10 heteroatoms. The monoisotopic (exact) mass is 460 g/mol. The highest BCUT2D eigenvalue weighted by Gasteiger charge is 2.57. The van der Waals surface area contributed by atoms with Crippen molar-refractivity contribution < 1.29 is 18.3 Å². The van der Waals surface area contributed by atoms with Crippen molar-refractivity contribution in [3.05, 3.63) is 39.3 Å². The van der Waals surface area contributed by atoms with E-state index in [1.807, 2.05) is 0 Å². The number of fused-ring (bicyclic) bond motifs is 2. The van der Waals surface area contributed by atoms with Gasteiger partial charge in [-0.1, -0.05) is 34.5 Å². The minimum absolute atomic E-state index is 0.0223. The lowest BCUT2D eigenvalue weighted by Crippen LogP contribution is -2.60. The van der Waals surface area contributed by atoms with Crippen molar-refractivity contribution in [3.63, 3.8) is 0 Å². The van der Waals surface area contributed by atoms with E-state index >= 15 is 0 Å². The molecule has 3 saturated carbocycles. The van der Waals surface area contributed by atoms with E-state index in [0.29, 0.717) is 22.3 Å². The number of aliphatic hydroxyl groups is 1. The molecule has 3 aliphatic rings. The molecule has 3 aliphatic carbocycles. The van der Waals surface area contributed by atoms with Crippen LogP contribution in [0.1, 0.15) is 36.5 Å². The largest absolute Gasteiger partial charge is 0.390 e. The number of amides is 1. The number of sulfone groups is 1. The fourth-order valence-corrected chi connectivity index (χ4v) is 7.38. The molecule has 6 nitrogen and oxygen atoms in total. The Kier molecular flexibility index (Phi) is 4.99. The second kappa shape index (κ2) is 6.95. The number of carbonyl (C=O) groups is 1. The first-order chi connectivity index (χ1) is 13.1. The van der Waals surface area contributed by atoms with Gasteiger partial charge in [0, 0.05) is 5.56 Å². The van der Waals surface area contributed by atoms with Gasteiger partial charge in [0.1, 0.15) is 4.34 Å². The molecule has 2 bridgehead atoms. The number of hydrogen-bond donors (Lipinski definition) is 2. The first-order valence-electron chi connectivity index (χ1n) is 8.77. The first-order valence-corrected chi connectivity index (χ1v) is 11.9. The van der Waals surface area contributed by atoms with Crippen LogP contribution in [0.25, 0.3) is 0 Å². The maximum atomic E-state index is 13.2. The number of carbonyl (C=O) groups excluding carboxylic acids is 1. The number of rotatable bonds is 4. The van der Waals surface area contributed by atoms with Gasteiger partial charge in [-0.2, -0.15) is 0 Å². The Balaban J connectivity index is 1.59. The number of hydrogen-bond acceptors (Lipinski definition) is 6. The normalized spacial score (nSPS) is 29.2. The SMILES string of the molecule is CC1(O)C2CC1CC(S(=O)(=O)c1cc(C(=O)Nc3ncc(Cl)s3)ccc1Cl)C2. The quantitative estimate of drug-likeness (QED) is 0.717. The molecule has 0 saturated heterocycles. The van der Waals surface area contributed by atoms with Crippen LogP contribution in [-0.4, -0.2) is 35.3 Å². The van der Waals surface area contributed by atoms with E-state index < -0.39 is 26.6 Å². The molecule has 1 amide bonds. The van der Waals surface area contributed by atoms with E-state index in [4.69, 9.17) is 23.2 Å². The van der Waals surface area contributed by atoms with Gasteiger partial charge in [0.15, 0.2) is 15.0 Å². The van der Waals surface area contributed by atoms with Gasteiger partial charge in [-0.25, -0.2) is 13.4 Å². The van der Waals surface area contributed by atoms with Gasteiger partial charge in [0.05, 0.1) is 27.0 Å². The minimum Gasteiger partial charge on any atom is -0.390 e. The van der Waals surface area contributed by atoms with E-state index in [1.54, 1.807) is 6.92 Å². The summed E-state index contributed by atoms with van der Waals surface area (Å²) in [6.07, 6.45) is 3.07. The van der Waals surface area contributed by atoms with Crippen molar-refractivity contribution in [2.75, 3.05) is 5.32 Å². The standard InChI is InChI=1S/C18H18Cl2N2O4S2/c1-18(24)10-5-11(18)7-12(6-10)28(25,26)14-4-9(2-3-13(14)19)16(23)22-17-21-8-15(20)27-17/h2-4,8,10-12,24H,5-7H2,1H3,(H,21,22,23). The lowest BCUT2D eigenvalue weighted by Gasteiger charge is -2.56. The highest BCUT2D eigenvalue weighted by atomic mass is 35.5. The summed E-state index contributed by atoms with van der Waals surface area (Å²) in [6.45, 7) is 1.78. The van der Waals surface area contributed by atoms with Crippen LogP contribution >= 0.6 is 34.5 Å². The Bertz CT molecular complexity index is 1040. The number of nitrogens with zero attached hydrogens (tertiary/aromatic N) is 1. The van der Waals surface area contributed by atoms with Crippen LogP contribution in [0.15, 0.2) is 29.3 Å². The summed E-state index contributed by atoms with van der Waals surface area (Å²) in [5.41, 5.74) is -0.616. The fraction of sp³-hybridized carbons (Fsp3) is 0.444. The summed E-state index contributed by atoms with van der Waals surface area (Å²) < 4.78 is 26.8. The predicted octanol–water partition coefficient (Wildman–Crippen LogP) is 4.03. The Morgan fingerprint density at radius 3 is 2.54 bits per heavy atom. The van der Waals surface area contributed by atoms with Gasteiger partial charge < -0.3 is 5.11 Å². The van der Waals surface area contributed by atoms with E-state index in [-0.39, 0.29) is 27.3 Å². The third-order valence-electron chi connectivity index (χ3n) is 5.95. The number of nitrogens with one attached hydrogen (secondary N) is 1. The Morgan fingerprint density at radius 1 is 1.29 bits per heavy atom. The zero-order chi connectivity index (χ0) is 20.3. The molecular weight excluding hydrogens is 443 g/mol. The Labute approximate surface area is 176 Å². The third-order valence-corrected chi connectivity index (χ3v) is 9.64. The molecule has 1 aromatic carbocycles. The zero-order valence-corrected chi connectivity index (χ0v) is 18.0. The lowest BCUT2D eigenvalue weighted by molar-refractivity contribution is -0.162. The van der Waals surface area contributed by atoms with E-state index in [1.165, 1.54) is 24.4 Å². The van der Waals surface area contributed by atoms with Gasteiger partial charge in [-0.05, 0) is 56.2 Å². The predicted molar refractivity (Wildman–Crippen MR) is 109 cm³/mol. The molecule has 150 valence electrons. The maximum Gasteiger partial charge on any atom is 0.257 e. The van der Waals surface area contributed by atoms with Crippen LogP contribution < -0.4 is 5.32 Å². The lowest BCUT2D eigenvalue weighted by atomic mass is 9.54. The molecule has 2 aromatic rings. The Hall–Kier alpha value is -1.19. The average molecular weight is 461 g/mol. The molecule has 2 N–H and O–H groups in total. The van der Waals surface area contributed by atoms with Crippen LogP contribution in [0, 0.1) is 11.8 Å². The van der Waals surface area contributed by atoms with Crippen molar-refractivity contribution in [2.24, 2.45) is 11.8 Å². The van der Waals surface area contributed by atoms with Crippen molar-refractivity contribution in [1.82, 2.24) is 4.98 Å². The molecule has 3 fully saturated rings. The second-order valence-corrected chi connectivity index (χ2v) is 11.8. The second-order valence-electron chi connectivity index (χ2n) is 7.56. The van der Waals surface area contributed by atoms with Gasteiger partial charge in [-0.15, -0.1) is 0 Å². The molecule has 5 rings (SSSR count). The van der Waals surface area contributed by atoms with Crippen molar-refractivity contribution in [3.8, 4) is 0 Å². The van der Waals surface area contributed by atoms with Crippen LogP contribution in [0.5, 0.6) is 0 Å². The maximum absolute atomic E-state index is 13.2. The summed E-state index contributed by atoms with van der Waals surface area (Å²) >= 11 is 13.1. The fourth-order valence-electron chi connectivity index (χ4n) is 4.17. The molecule has 1 aromatic heterocycles. The van der Waals surface area contributed by atoms with Crippen molar-refractivity contribution >= 4 is 55.4 Å². The topological polar surface area (TPSA) is 96.4 Å². The number of anilines is 1. The van der Waals surface area contributed by atoms with Crippen LogP contribution in [0.3, 0.4) is 0 Å². The first kappa shape index (κ1) is 20.1. The number of thiazole rings is 1. The summed E-state index contributed by atoms with van der Waals surface area (Å²) in [5, 5.41) is 12.8. The summed E-state index contributed by atoms with van der Waals surface area (Å²) in [5.74, 6) is -0.537. The van der Waals surface area contributed by atoms with Gasteiger partial charge in [0.25, 0.3) is 5.91 Å². The van der Waals surface area contributed by atoms with Gasteiger partial charge >= 0.3 is 0 Å². The van der Waals surface area contributed by atoms with Crippen LogP contribution in [0.2, 0.25) is 9.36 Å². The smallest absolute Gasteiger partial charge is 0.257 e. The molecule has 0 spiro atoms. The third kappa shape index (κ3) is 3.35. The molecule has 0 radical (unpaired) electrons. The average Bonchev–Trinajstić information content (AvgIpc) is 3.06. The Morgan fingerprint density at radius 2 is 1.96 bits per heavy atom. The van der Waals surface area contributed by atoms with E-state index in [9.17, 15) is 18.3 Å². The molecule has 0 aliphatic heterocycles. The van der Waals surface area contributed by atoms with Gasteiger partial charge in [-0.3, -0.25) is 10.1 Å². The molecule has 1 heterocycles. The highest BCUT2D eigenvalue weighted by molar-refractivity contribution is 7.92. The highest BCUT2D eigenvalue weighted by Crippen LogP contribution is 2.55. The molecular formula is C18H18Cl2N2O4S2.